The summed E-state index contributed by atoms with van der Waals surface area (Å²) in [6.45, 7) is 2.92. The lowest BCUT2D eigenvalue weighted by Crippen LogP contribution is -2.37. The third-order valence-electron chi connectivity index (χ3n) is 5.37. The third kappa shape index (κ3) is 6.57. The molecule has 1 fully saturated rings. The first-order valence-corrected chi connectivity index (χ1v) is 10.7. The molecule has 0 aromatic heterocycles. The lowest BCUT2D eigenvalue weighted by atomic mass is 10.1. The van der Waals surface area contributed by atoms with Crippen LogP contribution in [0, 0.1) is 0 Å². The first-order valence-electron chi connectivity index (χ1n) is 10.7. The molecule has 3 rings (SSSR count). The Kier molecular flexibility index (Phi) is 8.04. The zero-order valence-electron chi connectivity index (χ0n) is 18.3. The molecule has 0 radical (unpaired) electrons. The van der Waals surface area contributed by atoms with Gasteiger partial charge in [0.2, 0.25) is 5.91 Å². The fraction of sp³-hybridized carbons (Fsp3) is 0.375. The fourth-order valence-corrected chi connectivity index (χ4v) is 3.60. The maximum Gasteiger partial charge on any atom is 0.251 e. The Morgan fingerprint density at radius 2 is 1.84 bits per heavy atom. The van der Waals surface area contributed by atoms with Crippen LogP contribution in [0.5, 0.6) is 0 Å². The summed E-state index contributed by atoms with van der Waals surface area (Å²) in [4.78, 5) is 29.7. The van der Waals surface area contributed by atoms with E-state index in [0.29, 0.717) is 31.6 Å². The second-order valence-corrected chi connectivity index (χ2v) is 7.62. The van der Waals surface area contributed by atoms with Gasteiger partial charge in [-0.2, -0.15) is 0 Å². The molecule has 2 amide bonds. The number of carbonyl (C=O) groups is 2. The van der Waals surface area contributed by atoms with Crippen LogP contribution in [0.25, 0.3) is 0 Å². The summed E-state index contributed by atoms with van der Waals surface area (Å²) in [5.41, 5.74) is 4.06. The summed E-state index contributed by atoms with van der Waals surface area (Å²) >= 11 is 0. The highest BCUT2D eigenvalue weighted by molar-refractivity contribution is 5.94. The molecule has 3 N–H and O–H groups in total. The van der Waals surface area contributed by atoms with Gasteiger partial charge in [-0.25, -0.2) is 0 Å². The summed E-state index contributed by atoms with van der Waals surface area (Å²) in [5, 5.41) is 9.28. The lowest BCUT2D eigenvalue weighted by molar-refractivity contribution is -0.128. The van der Waals surface area contributed by atoms with Gasteiger partial charge in [0.1, 0.15) is 0 Å². The molecule has 0 saturated carbocycles. The van der Waals surface area contributed by atoms with Gasteiger partial charge in [-0.05, 0) is 41.7 Å². The number of benzene rings is 2. The highest BCUT2D eigenvalue weighted by atomic mass is 16.2. The van der Waals surface area contributed by atoms with E-state index >= 15 is 0 Å². The van der Waals surface area contributed by atoms with Crippen LogP contribution >= 0.6 is 0 Å². The zero-order chi connectivity index (χ0) is 22.1. The Balaban J connectivity index is 1.43. The minimum absolute atomic E-state index is 0.0784. The maximum atomic E-state index is 11.8. The number of nitrogens with one attached hydrogen (secondary N) is 3. The van der Waals surface area contributed by atoms with Crippen molar-refractivity contribution in [1.29, 1.82) is 0 Å². The summed E-state index contributed by atoms with van der Waals surface area (Å²) in [6.07, 6.45) is 2.43. The van der Waals surface area contributed by atoms with Crippen molar-refractivity contribution in [2.24, 2.45) is 4.99 Å². The molecule has 7 heteroatoms. The Morgan fingerprint density at radius 3 is 2.52 bits per heavy atom. The Morgan fingerprint density at radius 1 is 1.06 bits per heavy atom. The Hall–Kier alpha value is -3.35. The van der Waals surface area contributed by atoms with Gasteiger partial charge in [0, 0.05) is 52.3 Å². The molecular formula is C24H31N5O2. The highest BCUT2D eigenvalue weighted by Crippen LogP contribution is 2.14. The minimum atomic E-state index is -0.0784. The van der Waals surface area contributed by atoms with E-state index in [4.69, 9.17) is 0 Å². The van der Waals surface area contributed by atoms with Gasteiger partial charge in [-0.3, -0.25) is 14.6 Å². The normalized spacial score (nSPS) is 13.9. The molecule has 0 spiro atoms. The summed E-state index contributed by atoms with van der Waals surface area (Å²) in [7, 11) is 3.38. The van der Waals surface area contributed by atoms with E-state index in [0.717, 1.165) is 42.0 Å². The Bertz CT molecular complexity index is 924. The summed E-state index contributed by atoms with van der Waals surface area (Å²) in [6, 6.07) is 16.0. The molecule has 0 aliphatic carbocycles. The molecule has 0 unspecified atom stereocenters. The van der Waals surface area contributed by atoms with E-state index in [9.17, 15) is 9.59 Å². The first kappa shape index (κ1) is 22.3. The number of guanidine groups is 1. The average Bonchev–Trinajstić information content (AvgIpc) is 3.21. The highest BCUT2D eigenvalue weighted by Gasteiger charge is 2.19. The van der Waals surface area contributed by atoms with Gasteiger partial charge in [-0.1, -0.05) is 36.4 Å². The van der Waals surface area contributed by atoms with Crippen LogP contribution in [0.1, 0.15) is 39.9 Å². The molecule has 7 nitrogen and oxygen atoms in total. The van der Waals surface area contributed by atoms with Gasteiger partial charge >= 0.3 is 0 Å². The monoisotopic (exact) mass is 421 g/mol. The standard InChI is InChI=1S/C24H31N5O2/c1-25-23(31)21-6-3-5-18(15-21)12-13-27-24(26-2)28-16-19-8-10-20(11-9-19)17-29-14-4-7-22(29)30/h3,5-6,8-11,15H,4,7,12-14,16-17H2,1-2H3,(H,25,31)(H2,26,27,28). The van der Waals surface area contributed by atoms with Gasteiger partial charge in [0.15, 0.2) is 5.96 Å². The van der Waals surface area contributed by atoms with Crippen LogP contribution in [0.15, 0.2) is 53.5 Å². The van der Waals surface area contributed by atoms with Crippen LogP contribution < -0.4 is 16.0 Å². The molecule has 1 aliphatic rings. The molecule has 1 aliphatic heterocycles. The number of aliphatic imine (C=N–C) groups is 1. The molecule has 31 heavy (non-hydrogen) atoms. The number of likely N-dealkylation sites (tertiary alicyclic amines) is 1. The predicted octanol–water partition coefficient (Wildman–Crippen LogP) is 2.08. The van der Waals surface area contributed by atoms with E-state index in [1.54, 1.807) is 14.1 Å². The lowest BCUT2D eigenvalue weighted by Gasteiger charge is -2.16. The second kappa shape index (κ2) is 11.2. The number of hydrogen-bond acceptors (Lipinski definition) is 3. The number of amides is 2. The smallest absolute Gasteiger partial charge is 0.251 e. The van der Waals surface area contributed by atoms with Crippen molar-refractivity contribution in [1.82, 2.24) is 20.9 Å². The molecule has 0 atom stereocenters. The molecule has 1 heterocycles. The van der Waals surface area contributed by atoms with Gasteiger partial charge in [0.25, 0.3) is 5.91 Å². The largest absolute Gasteiger partial charge is 0.356 e. The third-order valence-corrected chi connectivity index (χ3v) is 5.37. The quantitative estimate of drug-likeness (QED) is 0.450. The van der Waals surface area contributed by atoms with Crippen molar-refractivity contribution in [3.63, 3.8) is 0 Å². The molecular weight excluding hydrogens is 390 g/mol. The van der Waals surface area contributed by atoms with Crippen molar-refractivity contribution in [2.45, 2.75) is 32.4 Å². The number of nitrogens with zero attached hydrogens (tertiary/aromatic N) is 2. The van der Waals surface area contributed by atoms with Crippen molar-refractivity contribution in [3.05, 3.63) is 70.8 Å². The van der Waals surface area contributed by atoms with E-state index in [1.165, 1.54) is 0 Å². The van der Waals surface area contributed by atoms with E-state index in [1.807, 2.05) is 29.2 Å². The predicted molar refractivity (Wildman–Crippen MR) is 123 cm³/mol. The fourth-order valence-electron chi connectivity index (χ4n) is 3.60. The van der Waals surface area contributed by atoms with E-state index in [-0.39, 0.29) is 11.8 Å². The number of carbonyl (C=O) groups excluding carboxylic acids is 2. The Labute approximate surface area is 183 Å². The van der Waals surface area contributed by atoms with E-state index < -0.39 is 0 Å². The van der Waals surface area contributed by atoms with Crippen LogP contribution in [-0.4, -0.2) is 49.9 Å². The van der Waals surface area contributed by atoms with Crippen LogP contribution in [0.2, 0.25) is 0 Å². The van der Waals surface area contributed by atoms with Crippen LogP contribution in [0.4, 0.5) is 0 Å². The first-order chi connectivity index (χ1) is 15.1. The van der Waals surface area contributed by atoms with Crippen molar-refractivity contribution >= 4 is 17.8 Å². The van der Waals surface area contributed by atoms with Gasteiger partial charge in [0.05, 0.1) is 0 Å². The number of hydrogen-bond donors (Lipinski definition) is 3. The molecule has 0 bridgehead atoms. The minimum Gasteiger partial charge on any atom is -0.356 e. The maximum absolute atomic E-state index is 11.8. The van der Waals surface area contributed by atoms with E-state index in [2.05, 4.69) is 45.2 Å². The van der Waals surface area contributed by atoms with Crippen LogP contribution in [-0.2, 0) is 24.3 Å². The topological polar surface area (TPSA) is 85.8 Å². The average molecular weight is 422 g/mol. The SMILES string of the molecule is CN=C(NCCc1cccc(C(=O)NC)c1)NCc1ccc(CN2CCCC2=O)cc1. The molecule has 1 saturated heterocycles. The van der Waals surface area contributed by atoms with Crippen molar-refractivity contribution < 1.29 is 9.59 Å². The molecule has 2 aromatic carbocycles. The summed E-state index contributed by atoms with van der Waals surface area (Å²) < 4.78 is 0. The van der Waals surface area contributed by atoms with Crippen molar-refractivity contribution in [2.75, 3.05) is 27.2 Å². The van der Waals surface area contributed by atoms with Crippen molar-refractivity contribution in [3.8, 4) is 0 Å². The number of rotatable bonds is 8. The zero-order valence-corrected chi connectivity index (χ0v) is 18.3. The van der Waals surface area contributed by atoms with Crippen LogP contribution in [0.3, 0.4) is 0 Å². The molecule has 2 aromatic rings. The molecule has 164 valence electrons. The van der Waals surface area contributed by atoms with Gasteiger partial charge < -0.3 is 20.9 Å². The summed E-state index contributed by atoms with van der Waals surface area (Å²) in [5.74, 6) is 0.903. The second-order valence-electron chi connectivity index (χ2n) is 7.62. The van der Waals surface area contributed by atoms with Gasteiger partial charge in [-0.15, -0.1) is 0 Å².